The fraction of sp³-hybridized carbons (Fsp3) is 0.929. The molecule has 0 amide bonds. The molecule has 0 saturated heterocycles. The molecule has 1 saturated carbocycles. The maximum atomic E-state index is 11.9. The summed E-state index contributed by atoms with van der Waals surface area (Å²) in [5, 5.41) is 10.7. The van der Waals surface area contributed by atoms with Crippen molar-refractivity contribution in [2.24, 2.45) is 11.8 Å². The molecule has 17 heavy (non-hydrogen) atoms. The van der Waals surface area contributed by atoms with Crippen LogP contribution in [0.1, 0.15) is 59.3 Å². The maximum absolute atomic E-state index is 11.9. The summed E-state index contributed by atoms with van der Waals surface area (Å²) in [4.78, 5) is 11.9. The Bertz CT molecular complexity index is 252. The van der Waals surface area contributed by atoms with Crippen LogP contribution < -0.4 is 0 Å². The summed E-state index contributed by atoms with van der Waals surface area (Å²) in [7, 11) is 0. The average molecular weight is 242 g/mol. The minimum Gasteiger partial charge on any atom is -0.466 e. The Labute approximate surface area is 105 Å². The van der Waals surface area contributed by atoms with E-state index >= 15 is 0 Å². The van der Waals surface area contributed by atoms with E-state index in [0.717, 1.165) is 38.5 Å². The van der Waals surface area contributed by atoms with E-state index in [-0.39, 0.29) is 11.9 Å². The maximum Gasteiger partial charge on any atom is 0.311 e. The van der Waals surface area contributed by atoms with Crippen molar-refractivity contribution in [3.63, 3.8) is 0 Å². The Kier molecular flexibility index (Phi) is 5.44. The molecule has 0 bridgehead atoms. The van der Waals surface area contributed by atoms with Crippen LogP contribution in [-0.4, -0.2) is 23.3 Å². The van der Waals surface area contributed by atoms with Gasteiger partial charge in [0.2, 0.25) is 0 Å². The van der Waals surface area contributed by atoms with E-state index in [4.69, 9.17) is 4.74 Å². The first kappa shape index (κ1) is 14.5. The average Bonchev–Trinajstić information content (AvgIpc) is 2.69. The van der Waals surface area contributed by atoms with Gasteiger partial charge in [0.05, 0.1) is 18.1 Å². The Hall–Kier alpha value is -0.570. The Morgan fingerprint density at radius 2 is 2.18 bits per heavy atom. The molecule has 1 aliphatic carbocycles. The third-order valence-electron chi connectivity index (χ3n) is 4.00. The fourth-order valence-corrected chi connectivity index (χ4v) is 2.96. The second-order valence-corrected chi connectivity index (χ2v) is 5.21. The van der Waals surface area contributed by atoms with Gasteiger partial charge in [0, 0.05) is 0 Å². The van der Waals surface area contributed by atoms with Gasteiger partial charge in [0.15, 0.2) is 0 Å². The summed E-state index contributed by atoms with van der Waals surface area (Å²) >= 11 is 0. The van der Waals surface area contributed by atoms with E-state index < -0.39 is 5.60 Å². The third kappa shape index (κ3) is 3.44. The molecule has 3 unspecified atom stereocenters. The van der Waals surface area contributed by atoms with Crippen molar-refractivity contribution in [3.8, 4) is 0 Å². The zero-order chi connectivity index (χ0) is 12.9. The van der Waals surface area contributed by atoms with E-state index in [1.165, 1.54) is 0 Å². The minimum absolute atomic E-state index is 0.214. The molecule has 0 aromatic carbocycles. The molecule has 0 aromatic rings. The number of carbonyl (C=O) groups is 1. The summed E-state index contributed by atoms with van der Waals surface area (Å²) in [6.07, 6.45) is 5.26. The summed E-state index contributed by atoms with van der Waals surface area (Å²) in [5.41, 5.74) is -0.817. The molecule has 3 heteroatoms. The van der Waals surface area contributed by atoms with Crippen molar-refractivity contribution in [1.82, 2.24) is 0 Å². The zero-order valence-electron chi connectivity index (χ0n) is 11.4. The quantitative estimate of drug-likeness (QED) is 0.728. The van der Waals surface area contributed by atoms with Gasteiger partial charge < -0.3 is 9.84 Å². The van der Waals surface area contributed by atoms with E-state index in [9.17, 15) is 9.90 Å². The molecule has 0 radical (unpaired) electrons. The number of aliphatic hydroxyl groups is 1. The molecule has 1 rings (SSSR count). The van der Waals surface area contributed by atoms with Gasteiger partial charge >= 0.3 is 5.97 Å². The van der Waals surface area contributed by atoms with Crippen molar-refractivity contribution in [1.29, 1.82) is 0 Å². The van der Waals surface area contributed by atoms with Crippen molar-refractivity contribution < 1.29 is 14.6 Å². The summed E-state index contributed by atoms with van der Waals surface area (Å²) in [6.45, 7) is 6.40. The highest BCUT2D eigenvalue weighted by Gasteiger charge is 2.46. The van der Waals surface area contributed by atoms with Crippen LogP contribution in [0.15, 0.2) is 0 Å². The number of esters is 1. The van der Waals surface area contributed by atoms with Crippen LogP contribution in [0.4, 0.5) is 0 Å². The Morgan fingerprint density at radius 3 is 2.65 bits per heavy atom. The van der Waals surface area contributed by atoms with E-state index in [2.05, 4.69) is 6.92 Å². The second kappa shape index (κ2) is 6.39. The Morgan fingerprint density at radius 1 is 1.47 bits per heavy atom. The van der Waals surface area contributed by atoms with E-state index in [0.29, 0.717) is 12.5 Å². The van der Waals surface area contributed by atoms with E-state index in [1.54, 1.807) is 0 Å². The number of rotatable bonds is 6. The van der Waals surface area contributed by atoms with Crippen LogP contribution in [0.3, 0.4) is 0 Å². The number of ether oxygens (including phenoxy) is 1. The van der Waals surface area contributed by atoms with Crippen molar-refractivity contribution >= 4 is 5.97 Å². The zero-order valence-corrected chi connectivity index (χ0v) is 11.4. The number of carbonyl (C=O) groups excluding carboxylic acids is 1. The molecule has 0 aliphatic heterocycles. The lowest BCUT2D eigenvalue weighted by molar-refractivity contribution is -0.159. The monoisotopic (exact) mass is 242 g/mol. The Balaban J connectivity index is 2.72. The summed E-state index contributed by atoms with van der Waals surface area (Å²) < 4.78 is 5.10. The SMILES string of the molecule is CCCC(C(=O)OCC)C1(O)CCC(CC)C1. The first-order valence-electron chi connectivity index (χ1n) is 6.96. The molecule has 1 aliphatic rings. The van der Waals surface area contributed by atoms with E-state index in [1.807, 2.05) is 13.8 Å². The molecule has 100 valence electrons. The number of hydrogen-bond donors (Lipinski definition) is 1. The van der Waals surface area contributed by atoms with Crippen molar-refractivity contribution in [3.05, 3.63) is 0 Å². The summed E-state index contributed by atoms with van der Waals surface area (Å²) in [5.74, 6) is 0.0198. The van der Waals surface area contributed by atoms with Crippen LogP contribution in [0, 0.1) is 11.8 Å². The topological polar surface area (TPSA) is 46.5 Å². The fourth-order valence-electron chi connectivity index (χ4n) is 2.96. The van der Waals surface area contributed by atoms with Crippen LogP contribution in [-0.2, 0) is 9.53 Å². The lowest BCUT2D eigenvalue weighted by Gasteiger charge is -2.31. The van der Waals surface area contributed by atoms with Gasteiger partial charge in [-0.05, 0) is 38.5 Å². The highest BCUT2D eigenvalue weighted by atomic mass is 16.5. The largest absolute Gasteiger partial charge is 0.466 e. The highest BCUT2D eigenvalue weighted by Crippen LogP contribution is 2.43. The lowest BCUT2D eigenvalue weighted by Crippen LogP contribution is -2.41. The smallest absolute Gasteiger partial charge is 0.311 e. The molecule has 0 heterocycles. The van der Waals surface area contributed by atoms with Crippen LogP contribution >= 0.6 is 0 Å². The molecular weight excluding hydrogens is 216 g/mol. The molecule has 0 spiro atoms. The van der Waals surface area contributed by atoms with Crippen LogP contribution in [0.25, 0.3) is 0 Å². The van der Waals surface area contributed by atoms with Crippen LogP contribution in [0.5, 0.6) is 0 Å². The van der Waals surface area contributed by atoms with Crippen molar-refractivity contribution in [2.45, 2.75) is 64.9 Å². The first-order chi connectivity index (χ1) is 8.07. The minimum atomic E-state index is -0.817. The second-order valence-electron chi connectivity index (χ2n) is 5.21. The predicted molar refractivity (Wildman–Crippen MR) is 67.6 cm³/mol. The molecule has 1 N–H and O–H groups in total. The predicted octanol–water partition coefficient (Wildman–Crippen LogP) is 2.91. The third-order valence-corrected chi connectivity index (χ3v) is 4.00. The highest BCUT2D eigenvalue weighted by molar-refractivity contribution is 5.74. The standard InChI is InChI=1S/C14H26O3/c1-4-7-12(13(15)17-6-3)14(16)9-8-11(5-2)10-14/h11-12,16H,4-10H2,1-3H3. The van der Waals surface area contributed by atoms with Gasteiger partial charge in [-0.1, -0.05) is 26.7 Å². The summed E-state index contributed by atoms with van der Waals surface area (Å²) in [6, 6.07) is 0. The molecule has 1 fully saturated rings. The molecule has 0 aromatic heterocycles. The lowest BCUT2D eigenvalue weighted by atomic mass is 9.82. The molecule has 3 nitrogen and oxygen atoms in total. The van der Waals surface area contributed by atoms with Gasteiger partial charge in [-0.15, -0.1) is 0 Å². The number of hydrogen-bond acceptors (Lipinski definition) is 3. The molecule has 3 atom stereocenters. The van der Waals surface area contributed by atoms with Crippen molar-refractivity contribution in [2.75, 3.05) is 6.61 Å². The van der Waals surface area contributed by atoms with Gasteiger partial charge in [-0.3, -0.25) is 4.79 Å². The van der Waals surface area contributed by atoms with Gasteiger partial charge in [0.1, 0.15) is 0 Å². The first-order valence-corrected chi connectivity index (χ1v) is 6.96. The normalized spacial score (nSPS) is 30.2. The van der Waals surface area contributed by atoms with Gasteiger partial charge in [-0.25, -0.2) is 0 Å². The van der Waals surface area contributed by atoms with Gasteiger partial charge in [-0.2, -0.15) is 0 Å². The van der Waals surface area contributed by atoms with Crippen LogP contribution in [0.2, 0.25) is 0 Å². The van der Waals surface area contributed by atoms with Gasteiger partial charge in [0.25, 0.3) is 0 Å². The molecular formula is C14H26O3.